The number of imidazole rings is 1. The molecule has 5 amide bonds. The molecule has 0 saturated carbocycles. The maximum atomic E-state index is 13.1. The SMILES string of the molecule is COCCOc1nc(N)c2[nH]c(=O)n(Cc3ccc(CNC(=O)OCc4ccc(NC(=O)[C@H](CCCNC(N)=O)NC(=O)[C@@H](N)C(C)C)cc4)cc3)c2n1. The minimum atomic E-state index is -0.903. The van der Waals surface area contributed by atoms with Gasteiger partial charge < -0.3 is 57.7 Å². The van der Waals surface area contributed by atoms with Gasteiger partial charge in [-0.1, -0.05) is 50.2 Å². The van der Waals surface area contributed by atoms with Gasteiger partial charge in [-0.05, 0) is 47.6 Å². The van der Waals surface area contributed by atoms with Gasteiger partial charge in [0.1, 0.15) is 24.8 Å². The highest BCUT2D eigenvalue weighted by Crippen LogP contribution is 2.19. The van der Waals surface area contributed by atoms with Gasteiger partial charge in [0.15, 0.2) is 11.5 Å². The molecule has 0 saturated heterocycles. The molecule has 0 spiro atoms. The summed E-state index contributed by atoms with van der Waals surface area (Å²) in [5, 5.41) is 10.6. The van der Waals surface area contributed by atoms with Crippen molar-refractivity contribution in [3.05, 3.63) is 75.7 Å². The van der Waals surface area contributed by atoms with Crippen LogP contribution in [0, 0.1) is 5.92 Å². The predicted octanol–water partition coefficient (Wildman–Crippen LogP) is 1.06. The number of nitrogen functional groups attached to an aromatic ring is 1. The van der Waals surface area contributed by atoms with E-state index in [1.807, 2.05) is 24.3 Å². The summed E-state index contributed by atoms with van der Waals surface area (Å²) in [5.74, 6) is -0.967. The van der Waals surface area contributed by atoms with Crippen LogP contribution in [-0.2, 0) is 38.8 Å². The Bertz CT molecular complexity index is 1950. The van der Waals surface area contributed by atoms with Crippen LogP contribution in [0.5, 0.6) is 6.01 Å². The number of hydrogen-bond donors (Lipinski definition) is 8. The summed E-state index contributed by atoms with van der Waals surface area (Å²) in [5.41, 5.74) is 20.0. The smallest absolute Gasteiger partial charge is 0.407 e. The quantitative estimate of drug-likeness (QED) is 0.0625. The molecule has 4 rings (SSSR count). The lowest BCUT2D eigenvalue weighted by Crippen LogP contribution is -2.51. The molecule has 0 aliphatic rings. The molecule has 19 nitrogen and oxygen atoms in total. The lowest BCUT2D eigenvalue weighted by Gasteiger charge is -2.22. The van der Waals surface area contributed by atoms with Crippen LogP contribution in [-0.4, -0.2) is 82.4 Å². The highest BCUT2D eigenvalue weighted by molar-refractivity contribution is 5.97. The highest BCUT2D eigenvalue weighted by Gasteiger charge is 2.25. The first-order valence-electron chi connectivity index (χ1n) is 17.2. The van der Waals surface area contributed by atoms with Crippen molar-refractivity contribution < 1.29 is 33.4 Å². The summed E-state index contributed by atoms with van der Waals surface area (Å²) in [6.45, 7) is 4.76. The fourth-order valence-electron chi connectivity index (χ4n) is 5.05. The van der Waals surface area contributed by atoms with Crippen LogP contribution in [0.4, 0.5) is 21.1 Å². The molecule has 19 heteroatoms. The van der Waals surface area contributed by atoms with E-state index in [2.05, 4.69) is 36.2 Å². The minimum absolute atomic E-state index is 0.0236. The summed E-state index contributed by atoms with van der Waals surface area (Å²) in [4.78, 5) is 72.9. The second kappa shape index (κ2) is 19.6. The Hall–Kier alpha value is -6.21. The van der Waals surface area contributed by atoms with Crippen LogP contribution in [0.1, 0.15) is 43.4 Å². The Kier molecular flexibility index (Phi) is 14.7. The molecule has 2 atom stereocenters. The Labute approximate surface area is 310 Å². The Morgan fingerprint density at radius 1 is 0.926 bits per heavy atom. The van der Waals surface area contributed by atoms with Crippen LogP contribution in [0.3, 0.4) is 0 Å². The van der Waals surface area contributed by atoms with Gasteiger partial charge >= 0.3 is 23.8 Å². The van der Waals surface area contributed by atoms with Crippen molar-refractivity contribution in [2.45, 2.75) is 58.5 Å². The number of carbonyl (C=O) groups excluding carboxylic acids is 4. The number of nitrogens with one attached hydrogen (secondary N) is 5. The molecular weight excluding hydrogens is 702 g/mol. The molecule has 0 bridgehead atoms. The number of nitrogens with zero attached hydrogens (tertiary/aromatic N) is 3. The number of amides is 5. The van der Waals surface area contributed by atoms with E-state index >= 15 is 0 Å². The number of anilines is 2. The van der Waals surface area contributed by atoms with Gasteiger partial charge in [0.25, 0.3) is 0 Å². The molecule has 0 unspecified atom stereocenters. The molecular formula is C35H47N11O8. The van der Waals surface area contributed by atoms with Crippen molar-refractivity contribution in [1.82, 2.24) is 35.5 Å². The first-order chi connectivity index (χ1) is 25.8. The van der Waals surface area contributed by atoms with Crippen LogP contribution < -0.4 is 48.9 Å². The van der Waals surface area contributed by atoms with Gasteiger partial charge in [-0.25, -0.2) is 14.4 Å². The average Bonchev–Trinajstić information content (AvgIpc) is 3.46. The zero-order valence-electron chi connectivity index (χ0n) is 30.3. The molecule has 0 radical (unpaired) electrons. The second-order valence-electron chi connectivity index (χ2n) is 12.6. The largest absolute Gasteiger partial charge is 0.461 e. The topological polar surface area (TPSA) is 286 Å². The summed E-state index contributed by atoms with van der Waals surface area (Å²) in [6.07, 6.45) is -0.0123. The van der Waals surface area contributed by atoms with E-state index in [-0.39, 0.29) is 57.0 Å². The number of ether oxygens (including phenoxy) is 3. The number of aromatic amines is 1. The van der Waals surface area contributed by atoms with Crippen molar-refractivity contribution in [3.63, 3.8) is 0 Å². The molecule has 54 heavy (non-hydrogen) atoms. The number of alkyl carbamates (subject to hydrolysis) is 1. The maximum absolute atomic E-state index is 13.1. The van der Waals surface area contributed by atoms with Crippen LogP contribution in [0.2, 0.25) is 0 Å². The molecule has 11 N–H and O–H groups in total. The number of hydrogen-bond acceptors (Lipinski definition) is 12. The number of carbonyl (C=O) groups is 4. The van der Waals surface area contributed by atoms with E-state index in [4.69, 9.17) is 31.4 Å². The molecule has 0 fully saturated rings. The minimum Gasteiger partial charge on any atom is -0.461 e. The standard InChI is InChI=1S/C35H47N11O8/c1-20(2)26(36)31(48)42-25(5-4-14-39-32(38)49)30(47)41-24-12-10-23(11-13-24)19-54-35(51)40-17-21-6-8-22(9-7-21)18-46-29-27(43-34(46)50)28(37)44-33(45-29)53-16-15-52-3/h6-13,20,25-26H,4-5,14-19,36H2,1-3H3,(H,40,51)(H,41,47)(H,42,48)(H,43,50)(H2,37,44,45)(H3,38,39,49)/t25-,26-/m0/s1. The van der Waals surface area contributed by atoms with Crippen molar-refractivity contribution in [3.8, 4) is 6.01 Å². The summed E-state index contributed by atoms with van der Waals surface area (Å²) < 4.78 is 17.2. The number of fused-ring (bicyclic) bond motifs is 1. The van der Waals surface area contributed by atoms with E-state index in [9.17, 15) is 24.0 Å². The Balaban J connectivity index is 1.25. The highest BCUT2D eigenvalue weighted by atomic mass is 16.5. The number of methoxy groups -OCH3 is 1. The summed E-state index contributed by atoms with van der Waals surface area (Å²) >= 11 is 0. The molecule has 0 aliphatic heterocycles. The first-order valence-corrected chi connectivity index (χ1v) is 17.2. The second-order valence-corrected chi connectivity index (χ2v) is 12.6. The van der Waals surface area contributed by atoms with Gasteiger partial charge in [-0.3, -0.25) is 14.2 Å². The third-order valence-electron chi connectivity index (χ3n) is 8.16. The third kappa shape index (κ3) is 11.9. The van der Waals surface area contributed by atoms with E-state index in [1.54, 1.807) is 45.2 Å². The molecule has 0 aliphatic carbocycles. The van der Waals surface area contributed by atoms with Gasteiger partial charge in [-0.15, -0.1) is 0 Å². The monoisotopic (exact) mass is 749 g/mol. The number of primary amides is 1. The van der Waals surface area contributed by atoms with Crippen molar-refractivity contribution in [1.29, 1.82) is 0 Å². The maximum Gasteiger partial charge on any atom is 0.407 e. The Morgan fingerprint density at radius 2 is 1.61 bits per heavy atom. The number of H-pyrrole nitrogens is 1. The molecule has 4 aromatic rings. The number of nitrogens with two attached hydrogens (primary N) is 3. The lowest BCUT2D eigenvalue weighted by molar-refractivity contribution is -0.128. The molecule has 2 aromatic carbocycles. The van der Waals surface area contributed by atoms with E-state index < -0.39 is 41.7 Å². The lowest BCUT2D eigenvalue weighted by atomic mass is 10.0. The van der Waals surface area contributed by atoms with Gasteiger partial charge in [0.05, 0.1) is 19.2 Å². The van der Waals surface area contributed by atoms with E-state index in [0.717, 1.165) is 11.1 Å². The summed E-state index contributed by atoms with van der Waals surface area (Å²) in [6, 6.07) is 11.6. The van der Waals surface area contributed by atoms with Gasteiger partial charge in [0, 0.05) is 25.9 Å². The number of urea groups is 1. The summed E-state index contributed by atoms with van der Waals surface area (Å²) in [7, 11) is 1.54. The normalized spacial score (nSPS) is 12.2. The van der Waals surface area contributed by atoms with Gasteiger partial charge in [-0.2, -0.15) is 9.97 Å². The third-order valence-corrected chi connectivity index (χ3v) is 8.16. The van der Waals surface area contributed by atoms with Crippen LogP contribution >= 0.6 is 0 Å². The number of aromatic nitrogens is 4. The number of benzene rings is 2. The average molecular weight is 750 g/mol. The van der Waals surface area contributed by atoms with Crippen molar-refractivity contribution >= 4 is 46.6 Å². The first kappa shape index (κ1) is 40.6. The number of rotatable bonds is 19. The predicted molar refractivity (Wildman–Crippen MR) is 199 cm³/mol. The fourth-order valence-corrected chi connectivity index (χ4v) is 5.05. The van der Waals surface area contributed by atoms with Crippen molar-refractivity contribution in [2.75, 3.05) is 37.9 Å². The zero-order valence-corrected chi connectivity index (χ0v) is 30.3. The molecule has 2 aromatic heterocycles. The molecule has 2 heterocycles. The van der Waals surface area contributed by atoms with E-state index in [1.165, 1.54) is 4.57 Å². The van der Waals surface area contributed by atoms with Crippen molar-refractivity contribution in [2.24, 2.45) is 17.4 Å². The molecule has 290 valence electrons. The van der Waals surface area contributed by atoms with Crippen LogP contribution in [0.25, 0.3) is 11.2 Å². The van der Waals surface area contributed by atoms with Crippen LogP contribution in [0.15, 0.2) is 53.3 Å². The zero-order chi connectivity index (χ0) is 39.2. The van der Waals surface area contributed by atoms with E-state index in [0.29, 0.717) is 35.4 Å². The Morgan fingerprint density at radius 3 is 2.28 bits per heavy atom. The fraction of sp³-hybridized carbons (Fsp3) is 0.400. The van der Waals surface area contributed by atoms with Gasteiger partial charge in [0.2, 0.25) is 11.8 Å².